The van der Waals surface area contributed by atoms with Gasteiger partial charge in [-0.15, -0.1) is 0 Å². The second-order valence-electron chi connectivity index (χ2n) is 6.66. The SMILES string of the molecule is CCOC(=O)Cn1cnc2c1c(=O)n(C1CC1)c(=O)n2-c1ccccc1C. The number of hydrogen-bond acceptors (Lipinski definition) is 5. The molecule has 0 amide bonds. The Labute approximate surface area is 154 Å². The standard InChI is InChI=1S/C19H20N4O4/c1-3-27-15(24)10-21-11-20-17-16(21)18(25)22(13-8-9-13)19(26)23(17)14-7-5-4-6-12(14)2/h4-7,11,13H,3,8-10H2,1-2H3. The van der Waals surface area contributed by atoms with E-state index in [1.165, 1.54) is 20.0 Å². The van der Waals surface area contributed by atoms with Crippen molar-refractivity contribution in [2.75, 3.05) is 6.61 Å². The number of para-hydroxylation sites is 1. The van der Waals surface area contributed by atoms with Gasteiger partial charge in [0.05, 0.1) is 18.6 Å². The van der Waals surface area contributed by atoms with Crippen molar-refractivity contribution in [2.45, 2.75) is 39.3 Å². The summed E-state index contributed by atoms with van der Waals surface area (Å²) in [6.07, 6.45) is 3.00. The Morgan fingerprint density at radius 3 is 2.67 bits per heavy atom. The maximum Gasteiger partial charge on any atom is 0.337 e. The average molecular weight is 368 g/mol. The number of aryl methyl sites for hydroxylation is 1. The van der Waals surface area contributed by atoms with Crippen LogP contribution in [-0.4, -0.2) is 31.3 Å². The van der Waals surface area contributed by atoms with Crippen LogP contribution in [0.4, 0.5) is 0 Å². The Kier molecular flexibility index (Phi) is 4.18. The minimum absolute atomic E-state index is 0.101. The van der Waals surface area contributed by atoms with Gasteiger partial charge in [0.1, 0.15) is 6.54 Å². The summed E-state index contributed by atoms with van der Waals surface area (Å²) >= 11 is 0. The molecule has 2 heterocycles. The lowest BCUT2D eigenvalue weighted by Crippen LogP contribution is -2.40. The van der Waals surface area contributed by atoms with Gasteiger partial charge in [-0.05, 0) is 38.3 Å². The van der Waals surface area contributed by atoms with E-state index in [1.807, 2.05) is 31.2 Å². The van der Waals surface area contributed by atoms with Gasteiger partial charge in [0.15, 0.2) is 11.2 Å². The first-order valence-corrected chi connectivity index (χ1v) is 8.97. The van der Waals surface area contributed by atoms with Crippen LogP contribution >= 0.6 is 0 Å². The lowest BCUT2D eigenvalue weighted by atomic mass is 10.2. The second-order valence-corrected chi connectivity index (χ2v) is 6.66. The van der Waals surface area contributed by atoms with E-state index < -0.39 is 17.2 Å². The van der Waals surface area contributed by atoms with E-state index in [9.17, 15) is 14.4 Å². The highest BCUT2D eigenvalue weighted by Gasteiger charge is 2.31. The van der Waals surface area contributed by atoms with Crippen molar-refractivity contribution >= 4 is 17.1 Å². The summed E-state index contributed by atoms with van der Waals surface area (Å²) in [5.74, 6) is -0.456. The molecule has 2 aromatic heterocycles. The number of fused-ring (bicyclic) bond motifs is 1. The van der Waals surface area contributed by atoms with Gasteiger partial charge in [-0.2, -0.15) is 0 Å². The maximum absolute atomic E-state index is 13.2. The number of benzene rings is 1. The predicted molar refractivity (Wildman–Crippen MR) is 99.2 cm³/mol. The van der Waals surface area contributed by atoms with Crippen LogP contribution in [0.5, 0.6) is 0 Å². The largest absolute Gasteiger partial charge is 0.465 e. The molecule has 0 atom stereocenters. The summed E-state index contributed by atoms with van der Waals surface area (Å²) in [5, 5.41) is 0. The Hall–Kier alpha value is -3.16. The lowest BCUT2D eigenvalue weighted by molar-refractivity contribution is -0.143. The number of hydrogen-bond donors (Lipinski definition) is 0. The average Bonchev–Trinajstić information content (AvgIpc) is 3.37. The van der Waals surface area contributed by atoms with E-state index >= 15 is 0 Å². The Bertz CT molecular complexity index is 1150. The van der Waals surface area contributed by atoms with Gasteiger partial charge in [0.25, 0.3) is 5.56 Å². The molecule has 1 saturated carbocycles. The van der Waals surface area contributed by atoms with E-state index in [0.29, 0.717) is 5.69 Å². The number of carbonyl (C=O) groups excluding carboxylic acids is 1. The van der Waals surface area contributed by atoms with Gasteiger partial charge in [-0.25, -0.2) is 14.3 Å². The van der Waals surface area contributed by atoms with Gasteiger partial charge in [-0.1, -0.05) is 18.2 Å². The number of imidazole rings is 1. The molecular formula is C19H20N4O4. The van der Waals surface area contributed by atoms with E-state index in [2.05, 4.69) is 4.98 Å². The molecular weight excluding hydrogens is 348 g/mol. The van der Waals surface area contributed by atoms with Gasteiger partial charge in [0, 0.05) is 6.04 Å². The minimum Gasteiger partial charge on any atom is -0.465 e. The van der Waals surface area contributed by atoms with Crippen LogP contribution in [0.2, 0.25) is 0 Å². The van der Waals surface area contributed by atoms with Crippen molar-refractivity contribution in [3.05, 3.63) is 57.0 Å². The zero-order chi connectivity index (χ0) is 19.1. The topological polar surface area (TPSA) is 88.1 Å². The quantitative estimate of drug-likeness (QED) is 0.638. The van der Waals surface area contributed by atoms with Crippen molar-refractivity contribution in [1.29, 1.82) is 0 Å². The molecule has 1 aliphatic carbocycles. The molecule has 8 nitrogen and oxygen atoms in total. The molecule has 0 saturated heterocycles. The van der Waals surface area contributed by atoms with Crippen molar-refractivity contribution < 1.29 is 9.53 Å². The molecule has 4 rings (SSSR count). The fourth-order valence-corrected chi connectivity index (χ4v) is 3.30. The van der Waals surface area contributed by atoms with Gasteiger partial charge in [-0.3, -0.25) is 14.2 Å². The van der Waals surface area contributed by atoms with Crippen molar-refractivity contribution in [3.63, 3.8) is 0 Å². The van der Waals surface area contributed by atoms with Gasteiger partial charge >= 0.3 is 11.7 Å². The molecule has 1 aromatic carbocycles. The highest BCUT2D eigenvalue weighted by Crippen LogP contribution is 2.32. The number of esters is 1. The van der Waals surface area contributed by atoms with E-state index in [4.69, 9.17) is 4.74 Å². The molecule has 0 bridgehead atoms. The van der Waals surface area contributed by atoms with Crippen LogP contribution in [0.25, 0.3) is 16.9 Å². The van der Waals surface area contributed by atoms with Crippen molar-refractivity contribution in [2.24, 2.45) is 0 Å². The molecule has 8 heteroatoms. The molecule has 1 fully saturated rings. The summed E-state index contributed by atoms with van der Waals surface area (Å²) in [6.45, 7) is 3.75. The summed E-state index contributed by atoms with van der Waals surface area (Å²) < 4.78 is 9.20. The smallest absolute Gasteiger partial charge is 0.337 e. The lowest BCUT2D eigenvalue weighted by Gasteiger charge is -2.13. The highest BCUT2D eigenvalue weighted by atomic mass is 16.5. The van der Waals surface area contributed by atoms with Crippen LogP contribution in [-0.2, 0) is 16.1 Å². The zero-order valence-corrected chi connectivity index (χ0v) is 15.2. The number of rotatable bonds is 5. The number of ether oxygens (including phenoxy) is 1. The van der Waals surface area contributed by atoms with Crippen molar-refractivity contribution in [1.82, 2.24) is 18.7 Å². The molecule has 0 spiro atoms. The predicted octanol–water partition coefficient (Wildman–Crippen LogP) is 1.56. The van der Waals surface area contributed by atoms with Gasteiger partial charge < -0.3 is 9.30 Å². The highest BCUT2D eigenvalue weighted by molar-refractivity contribution is 5.76. The van der Waals surface area contributed by atoms with Crippen molar-refractivity contribution in [3.8, 4) is 5.69 Å². The fourth-order valence-electron chi connectivity index (χ4n) is 3.30. The third kappa shape index (κ3) is 2.87. The van der Waals surface area contributed by atoms with Crippen LogP contribution in [0.3, 0.4) is 0 Å². The van der Waals surface area contributed by atoms with E-state index in [1.54, 1.807) is 6.92 Å². The summed E-state index contributed by atoms with van der Waals surface area (Å²) in [6, 6.07) is 7.34. The normalized spacial score (nSPS) is 13.9. The molecule has 0 aliphatic heterocycles. The maximum atomic E-state index is 13.2. The molecule has 140 valence electrons. The first-order chi connectivity index (χ1) is 13.0. The molecule has 0 unspecified atom stereocenters. The Morgan fingerprint density at radius 1 is 1.26 bits per heavy atom. The monoisotopic (exact) mass is 368 g/mol. The number of carbonyl (C=O) groups is 1. The number of aromatic nitrogens is 4. The van der Waals surface area contributed by atoms with Gasteiger partial charge in [0.2, 0.25) is 0 Å². The first kappa shape index (κ1) is 17.3. The van der Waals surface area contributed by atoms with Crippen LogP contribution in [0.1, 0.15) is 31.4 Å². The van der Waals surface area contributed by atoms with E-state index in [0.717, 1.165) is 18.4 Å². The zero-order valence-electron chi connectivity index (χ0n) is 15.2. The fraction of sp³-hybridized carbons (Fsp3) is 0.368. The van der Waals surface area contributed by atoms with Crippen LogP contribution < -0.4 is 11.2 Å². The first-order valence-electron chi connectivity index (χ1n) is 8.97. The second kappa shape index (κ2) is 6.53. The summed E-state index contributed by atoms with van der Waals surface area (Å²) in [7, 11) is 0. The minimum atomic E-state index is -0.456. The summed E-state index contributed by atoms with van der Waals surface area (Å²) in [4.78, 5) is 42.4. The number of nitrogens with zero attached hydrogens (tertiary/aromatic N) is 4. The molecule has 0 radical (unpaired) electrons. The summed E-state index contributed by atoms with van der Waals surface area (Å²) in [5.41, 5.74) is 1.23. The molecule has 3 aromatic rings. The van der Waals surface area contributed by atoms with Crippen LogP contribution in [0, 0.1) is 6.92 Å². The molecule has 27 heavy (non-hydrogen) atoms. The Morgan fingerprint density at radius 2 is 2.00 bits per heavy atom. The third-order valence-electron chi connectivity index (χ3n) is 4.72. The molecule has 0 N–H and O–H groups in total. The van der Waals surface area contributed by atoms with E-state index in [-0.39, 0.29) is 30.4 Å². The van der Waals surface area contributed by atoms with Crippen LogP contribution in [0.15, 0.2) is 40.2 Å². The molecule has 1 aliphatic rings. The Balaban J connectivity index is 2.02. The third-order valence-corrected chi connectivity index (χ3v) is 4.72.